The fourth-order valence-electron chi connectivity index (χ4n) is 3.00. The van der Waals surface area contributed by atoms with Gasteiger partial charge in [-0.2, -0.15) is 0 Å². The second-order valence-corrected chi connectivity index (χ2v) is 6.76. The van der Waals surface area contributed by atoms with Crippen LogP contribution in [0.1, 0.15) is 39.5 Å². The normalized spacial score (nSPS) is 27.1. The van der Waals surface area contributed by atoms with Gasteiger partial charge < -0.3 is 15.5 Å². The Labute approximate surface area is 117 Å². The number of nitrogens with two attached hydrogens (primary N) is 1. The monoisotopic (exact) mass is 267 g/mol. The first-order valence-electron chi connectivity index (χ1n) is 7.76. The van der Waals surface area contributed by atoms with Crippen molar-refractivity contribution in [1.29, 1.82) is 0 Å². The third-order valence-corrected chi connectivity index (χ3v) is 4.64. The minimum Gasteiger partial charge on any atom is -0.341 e. The summed E-state index contributed by atoms with van der Waals surface area (Å²) in [4.78, 5) is 17.0. The average Bonchev–Trinajstić information content (AvgIpc) is 3.06. The summed E-state index contributed by atoms with van der Waals surface area (Å²) in [5.41, 5.74) is 5.79. The first-order valence-corrected chi connectivity index (χ1v) is 7.76. The van der Waals surface area contributed by atoms with E-state index in [1.165, 1.54) is 6.42 Å². The van der Waals surface area contributed by atoms with Crippen molar-refractivity contribution < 1.29 is 4.79 Å². The summed E-state index contributed by atoms with van der Waals surface area (Å²) in [6.07, 6.45) is 4.47. The molecule has 0 aromatic heterocycles. The summed E-state index contributed by atoms with van der Waals surface area (Å²) in [7, 11) is 0. The van der Waals surface area contributed by atoms with Crippen LogP contribution < -0.4 is 5.73 Å². The van der Waals surface area contributed by atoms with Crippen molar-refractivity contribution in [2.45, 2.75) is 39.5 Å². The number of hydrogen-bond donors (Lipinski definition) is 1. The van der Waals surface area contributed by atoms with Crippen LogP contribution in [0.15, 0.2) is 0 Å². The zero-order valence-electron chi connectivity index (χ0n) is 12.5. The molecule has 2 fully saturated rings. The molecule has 1 amide bonds. The Balaban J connectivity index is 1.75. The predicted molar refractivity (Wildman–Crippen MR) is 77.8 cm³/mol. The van der Waals surface area contributed by atoms with Crippen LogP contribution in [0.2, 0.25) is 0 Å². The standard InChI is InChI=1S/C15H29N3O/c1-15(2)12-13(15)14(19)18-9-5-8-17(10-11-18)7-4-3-6-16/h13H,3-12,16H2,1-2H3. The Morgan fingerprint density at radius 2 is 1.95 bits per heavy atom. The molecule has 1 aliphatic carbocycles. The van der Waals surface area contributed by atoms with Gasteiger partial charge in [0.15, 0.2) is 0 Å². The van der Waals surface area contributed by atoms with Gasteiger partial charge in [0.05, 0.1) is 0 Å². The average molecular weight is 267 g/mol. The van der Waals surface area contributed by atoms with E-state index in [-0.39, 0.29) is 11.3 Å². The minimum absolute atomic E-state index is 0.254. The first-order chi connectivity index (χ1) is 9.04. The molecule has 1 heterocycles. The van der Waals surface area contributed by atoms with E-state index < -0.39 is 0 Å². The predicted octanol–water partition coefficient (Wildman–Crippen LogP) is 1.31. The highest BCUT2D eigenvalue weighted by Gasteiger charge is 2.51. The molecule has 0 aromatic carbocycles. The smallest absolute Gasteiger partial charge is 0.226 e. The number of carbonyl (C=O) groups is 1. The van der Waals surface area contributed by atoms with Gasteiger partial charge in [-0.15, -0.1) is 0 Å². The van der Waals surface area contributed by atoms with Crippen molar-refractivity contribution in [2.75, 3.05) is 39.3 Å². The zero-order chi connectivity index (χ0) is 13.9. The van der Waals surface area contributed by atoms with Gasteiger partial charge in [-0.25, -0.2) is 0 Å². The third-order valence-electron chi connectivity index (χ3n) is 4.64. The molecule has 2 aliphatic rings. The lowest BCUT2D eigenvalue weighted by molar-refractivity contribution is -0.133. The molecular formula is C15H29N3O. The summed E-state index contributed by atoms with van der Waals surface area (Å²) in [6.45, 7) is 10.3. The van der Waals surface area contributed by atoms with E-state index in [2.05, 4.69) is 23.6 Å². The highest BCUT2D eigenvalue weighted by Crippen LogP contribution is 2.52. The van der Waals surface area contributed by atoms with Crippen LogP contribution >= 0.6 is 0 Å². The van der Waals surface area contributed by atoms with Gasteiger partial charge in [-0.3, -0.25) is 4.79 Å². The summed E-state index contributed by atoms with van der Waals surface area (Å²) >= 11 is 0. The van der Waals surface area contributed by atoms with Gasteiger partial charge in [0.1, 0.15) is 0 Å². The topological polar surface area (TPSA) is 49.6 Å². The van der Waals surface area contributed by atoms with E-state index in [0.717, 1.165) is 58.5 Å². The van der Waals surface area contributed by atoms with Gasteiger partial charge >= 0.3 is 0 Å². The molecule has 2 rings (SSSR count). The molecule has 0 aromatic rings. The molecule has 2 N–H and O–H groups in total. The van der Waals surface area contributed by atoms with Crippen LogP contribution in [0.25, 0.3) is 0 Å². The van der Waals surface area contributed by atoms with Crippen LogP contribution in [0.4, 0.5) is 0 Å². The van der Waals surface area contributed by atoms with Crippen LogP contribution in [0.5, 0.6) is 0 Å². The van der Waals surface area contributed by atoms with E-state index in [9.17, 15) is 4.79 Å². The third kappa shape index (κ3) is 3.93. The van der Waals surface area contributed by atoms with Crippen LogP contribution in [0, 0.1) is 11.3 Å². The van der Waals surface area contributed by atoms with E-state index >= 15 is 0 Å². The Morgan fingerprint density at radius 1 is 1.21 bits per heavy atom. The molecule has 110 valence electrons. The van der Waals surface area contributed by atoms with Crippen LogP contribution in [-0.2, 0) is 4.79 Å². The second-order valence-electron chi connectivity index (χ2n) is 6.76. The van der Waals surface area contributed by atoms with E-state index in [0.29, 0.717) is 5.91 Å². The van der Waals surface area contributed by atoms with Crippen molar-refractivity contribution in [3.05, 3.63) is 0 Å². The number of amides is 1. The molecule has 1 aliphatic heterocycles. The molecule has 1 unspecified atom stereocenters. The molecule has 1 atom stereocenters. The van der Waals surface area contributed by atoms with Crippen LogP contribution in [0.3, 0.4) is 0 Å². The van der Waals surface area contributed by atoms with Crippen molar-refractivity contribution in [3.8, 4) is 0 Å². The number of rotatable bonds is 5. The van der Waals surface area contributed by atoms with Crippen molar-refractivity contribution in [3.63, 3.8) is 0 Å². The number of carbonyl (C=O) groups excluding carboxylic acids is 1. The Hall–Kier alpha value is -0.610. The van der Waals surface area contributed by atoms with E-state index in [1.54, 1.807) is 0 Å². The van der Waals surface area contributed by atoms with E-state index in [4.69, 9.17) is 5.73 Å². The quantitative estimate of drug-likeness (QED) is 0.764. The molecule has 1 saturated heterocycles. The maximum atomic E-state index is 12.4. The van der Waals surface area contributed by atoms with E-state index in [1.807, 2.05) is 0 Å². The molecule has 4 nitrogen and oxygen atoms in total. The lowest BCUT2D eigenvalue weighted by Gasteiger charge is -2.22. The summed E-state index contributed by atoms with van der Waals surface area (Å²) in [6, 6.07) is 0. The molecule has 0 radical (unpaired) electrons. The van der Waals surface area contributed by atoms with Crippen molar-refractivity contribution in [1.82, 2.24) is 9.80 Å². The fourth-order valence-corrected chi connectivity index (χ4v) is 3.00. The van der Waals surface area contributed by atoms with Gasteiger partial charge in [-0.05, 0) is 50.7 Å². The molecule has 4 heteroatoms. The molecule has 19 heavy (non-hydrogen) atoms. The van der Waals surface area contributed by atoms with Gasteiger partial charge in [-0.1, -0.05) is 13.8 Å². The molecular weight excluding hydrogens is 238 g/mol. The van der Waals surface area contributed by atoms with Gasteiger partial charge in [0.2, 0.25) is 5.91 Å². The van der Waals surface area contributed by atoms with Crippen molar-refractivity contribution in [2.24, 2.45) is 17.1 Å². The lowest BCUT2D eigenvalue weighted by atomic mass is 10.1. The Morgan fingerprint density at radius 3 is 2.58 bits per heavy atom. The zero-order valence-corrected chi connectivity index (χ0v) is 12.5. The number of hydrogen-bond acceptors (Lipinski definition) is 3. The summed E-state index contributed by atoms with van der Waals surface area (Å²) in [5, 5.41) is 0. The Kier molecular flexibility index (Phi) is 4.85. The van der Waals surface area contributed by atoms with Crippen LogP contribution in [-0.4, -0.2) is 55.0 Å². The highest BCUT2D eigenvalue weighted by molar-refractivity contribution is 5.82. The Bertz CT molecular complexity index is 317. The van der Waals surface area contributed by atoms with Crippen molar-refractivity contribution >= 4 is 5.91 Å². The first kappa shape index (κ1) is 14.8. The second kappa shape index (κ2) is 6.23. The summed E-state index contributed by atoms with van der Waals surface area (Å²) < 4.78 is 0. The SMILES string of the molecule is CC1(C)CC1C(=O)N1CCCN(CCCCN)CC1. The number of nitrogens with zero attached hydrogens (tertiary/aromatic N) is 2. The number of unbranched alkanes of at least 4 members (excludes halogenated alkanes) is 1. The molecule has 0 spiro atoms. The minimum atomic E-state index is 0.254. The molecule has 0 bridgehead atoms. The fraction of sp³-hybridized carbons (Fsp3) is 0.933. The van der Waals surface area contributed by atoms with Gasteiger partial charge in [0, 0.05) is 25.6 Å². The largest absolute Gasteiger partial charge is 0.341 e. The highest BCUT2D eigenvalue weighted by atomic mass is 16.2. The maximum absolute atomic E-state index is 12.4. The summed E-state index contributed by atoms with van der Waals surface area (Å²) in [5.74, 6) is 0.685. The lowest BCUT2D eigenvalue weighted by Crippen LogP contribution is -2.37. The molecule has 1 saturated carbocycles. The maximum Gasteiger partial charge on any atom is 0.226 e. The van der Waals surface area contributed by atoms with Gasteiger partial charge in [0.25, 0.3) is 0 Å².